The van der Waals surface area contributed by atoms with Crippen LogP contribution in [0.25, 0.3) is 100 Å². The molecule has 0 aliphatic heterocycles. The van der Waals surface area contributed by atoms with Crippen molar-refractivity contribution in [2.24, 2.45) is 0 Å². The number of para-hydroxylation sites is 1. The number of rotatable bonds is 6. The third-order valence-corrected chi connectivity index (χ3v) is 9.91. The molecule has 0 N–H and O–H groups in total. The van der Waals surface area contributed by atoms with Crippen molar-refractivity contribution >= 4 is 32.7 Å². The van der Waals surface area contributed by atoms with Crippen molar-refractivity contribution in [1.82, 2.24) is 15.0 Å². The van der Waals surface area contributed by atoms with Gasteiger partial charge in [0.1, 0.15) is 11.2 Å². The molecule has 0 atom stereocenters. The Morgan fingerprint density at radius 3 is 1.45 bits per heavy atom. The lowest BCUT2D eigenvalue weighted by atomic mass is 9.96. The van der Waals surface area contributed by atoms with E-state index < -0.39 is 0 Å². The third kappa shape index (κ3) is 5.73. The van der Waals surface area contributed by atoms with Crippen LogP contribution in [-0.4, -0.2) is 15.0 Å². The van der Waals surface area contributed by atoms with Crippen LogP contribution >= 0.6 is 0 Å². The molecule has 0 fully saturated rings. The highest BCUT2D eigenvalue weighted by Gasteiger charge is 2.19. The van der Waals surface area contributed by atoms with Gasteiger partial charge in [0.05, 0.1) is 0 Å². The van der Waals surface area contributed by atoms with Crippen LogP contribution in [0.3, 0.4) is 0 Å². The molecule has 10 aromatic rings. The summed E-state index contributed by atoms with van der Waals surface area (Å²) in [5.41, 5.74) is 11.2. The van der Waals surface area contributed by atoms with E-state index in [1.807, 2.05) is 30.3 Å². The molecule has 2 aromatic heterocycles. The Morgan fingerprint density at radius 1 is 0.302 bits per heavy atom. The molecule has 0 unspecified atom stereocenters. The van der Waals surface area contributed by atoms with E-state index in [4.69, 9.17) is 19.4 Å². The maximum Gasteiger partial charge on any atom is 0.164 e. The predicted molar refractivity (Wildman–Crippen MR) is 217 cm³/mol. The third-order valence-electron chi connectivity index (χ3n) is 9.91. The van der Waals surface area contributed by atoms with E-state index in [2.05, 4.69) is 158 Å². The van der Waals surface area contributed by atoms with Crippen LogP contribution in [-0.2, 0) is 0 Å². The number of aromatic nitrogens is 3. The number of hydrogen-bond acceptors (Lipinski definition) is 4. The van der Waals surface area contributed by atoms with Gasteiger partial charge < -0.3 is 4.42 Å². The van der Waals surface area contributed by atoms with Crippen molar-refractivity contribution < 1.29 is 4.42 Å². The van der Waals surface area contributed by atoms with Crippen molar-refractivity contribution in [1.29, 1.82) is 0 Å². The van der Waals surface area contributed by atoms with Gasteiger partial charge in [-0.2, -0.15) is 0 Å². The fourth-order valence-electron chi connectivity index (χ4n) is 7.23. The van der Waals surface area contributed by atoms with Gasteiger partial charge >= 0.3 is 0 Å². The summed E-state index contributed by atoms with van der Waals surface area (Å²) in [7, 11) is 0. The second-order valence-electron chi connectivity index (χ2n) is 13.3. The van der Waals surface area contributed by atoms with E-state index in [1.165, 1.54) is 11.1 Å². The molecule has 53 heavy (non-hydrogen) atoms. The quantitative estimate of drug-likeness (QED) is 0.176. The van der Waals surface area contributed by atoms with Crippen LogP contribution < -0.4 is 0 Å². The summed E-state index contributed by atoms with van der Waals surface area (Å²) in [5, 5.41) is 4.43. The van der Waals surface area contributed by atoms with E-state index in [0.717, 1.165) is 71.7 Å². The number of benzene rings is 8. The lowest BCUT2D eigenvalue weighted by Crippen LogP contribution is -2.00. The second kappa shape index (κ2) is 12.9. The van der Waals surface area contributed by atoms with Crippen molar-refractivity contribution in [3.63, 3.8) is 0 Å². The fourth-order valence-corrected chi connectivity index (χ4v) is 7.23. The average Bonchev–Trinajstić information content (AvgIpc) is 3.62. The number of fused-ring (bicyclic) bond motifs is 4. The first-order valence-corrected chi connectivity index (χ1v) is 17.8. The first-order chi connectivity index (χ1) is 26.2. The van der Waals surface area contributed by atoms with Crippen molar-refractivity contribution in [2.45, 2.75) is 0 Å². The van der Waals surface area contributed by atoms with E-state index in [0.29, 0.717) is 17.5 Å². The summed E-state index contributed by atoms with van der Waals surface area (Å²) in [4.78, 5) is 15.4. The van der Waals surface area contributed by atoms with Crippen LogP contribution in [0.4, 0.5) is 0 Å². The molecule has 0 saturated carbocycles. The lowest BCUT2D eigenvalue weighted by Gasteiger charge is -2.12. The van der Waals surface area contributed by atoms with E-state index in [9.17, 15) is 0 Å². The molecule has 4 nitrogen and oxygen atoms in total. The smallest absolute Gasteiger partial charge is 0.164 e. The molecule has 0 aliphatic rings. The van der Waals surface area contributed by atoms with Gasteiger partial charge in [-0.05, 0) is 74.5 Å². The highest BCUT2D eigenvalue weighted by Crippen LogP contribution is 2.40. The average molecular weight is 678 g/mol. The highest BCUT2D eigenvalue weighted by atomic mass is 16.3. The zero-order valence-corrected chi connectivity index (χ0v) is 28.6. The van der Waals surface area contributed by atoms with E-state index in [-0.39, 0.29) is 0 Å². The summed E-state index contributed by atoms with van der Waals surface area (Å²) in [6.45, 7) is 0. The van der Waals surface area contributed by atoms with Crippen molar-refractivity contribution in [3.8, 4) is 67.5 Å². The Balaban J connectivity index is 1.15. The molecule has 0 radical (unpaired) electrons. The van der Waals surface area contributed by atoms with Gasteiger partial charge in [0.25, 0.3) is 0 Å². The summed E-state index contributed by atoms with van der Waals surface area (Å²) in [6, 6.07) is 65.2. The molecule has 0 saturated heterocycles. The Kier molecular flexibility index (Phi) is 7.43. The summed E-state index contributed by atoms with van der Waals surface area (Å²) in [6.07, 6.45) is 0. The molecule has 2 heterocycles. The molecule has 0 spiro atoms. The Bertz CT molecular complexity index is 2920. The highest BCUT2D eigenvalue weighted by molar-refractivity contribution is 6.13. The molecule has 248 valence electrons. The van der Waals surface area contributed by atoms with Gasteiger partial charge in [-0.15, -0.1) is 0 Å². The Hall–Kier alpha value is -7.17. The van der Waals surface area contributed by atoms with Gasteiger partial charge in [-0.3, -0.25) is 0 Å². The summed E-state index contributed by atoms with van der Waals surface area (Å²) < 4.78 is 6.48. The minimum Gasteiger partial charge on any atom is -0.456 e. The van der Waals surface area contributed by atoms with Gasteiger partial charge in [0.15, 0.2) is 17.5 Å². The molecular weight excluding hydrogens is 647 g/mol. The van der Waals surface area contributed by atoms with Crippen molar-refractivity contribution in [2.75, 3.05) is 0 Å². The fraction of sp³-hybridized carbons (Fsp3) is 0. The Morgan fingerprint density at radius 2 is 0.774 bits per heavy atom. The normalized spacial score (nSPS) is 11.4. The largest absolute Gasteiger partial charge is 0.456 e. The molecule has 8 aromatic carbocycles. The monoisotopic (exact) mass is 677 g/mol. The zero-order chi connectivity index (χ0) is 35.1. The first-order valence-electron chi connectivity index (χ1n) is 17.8. The van der Waals surface area contributed by atoms with Gasteiger partial charge in [-0.1, -0.05) is 158 Å². The van der Waals surface area contributed by atoms with E-state index in [1.54, 1.807) is 0 Å². The molecular formula is C49H31N3O. The van der Waals surface area contributed by atoms with Crippen LogP contribution in [0.2, 0.25) is 0 Å². The standard InChI is InChI=1S/C49H31N3O/c1-4-12-32(13-5-1)34-20-22-36(23-21-34)47-50-48(40-27-26-38-28-37(24-25-39(38)29-40)33-14-6-2-7-15-33)52-49(51-47)41-30-43(35-16-8-3-9-17-35)46-42-18-10-11-19-44(42)53-45(46)31-41/h1-31H. The number of furan rings is 1. The first kappa shape index (κ1) is 30.6. The van der Waals surface area contributed by atoms with Crippen LogP contribution in [0.5, 0.6) is 0 Å². The van der Waals surface area contributed by atoms with Crippen LogP contribution in [0, 0.1) is 0 Å². The van der Waals surface area contributed by atoms with Gasteiger partial charge in [0.2, 0.25) is 0 Å². The molecule has 0 aliphatic carbocycles. The maximum atomic E-state index is 6.48. The SMILES string of the molecule is c1ccc(-c2ccc(-c3nc(-c4ccc5cc(-c6ccccc6)ccc5c4)nc(-c4cc(-c5ccccc5)c5c(c4)oc4ccccc45)n3)cc2)cc1. The number of hydrogen-bond donors (Lipinski definition) is 0. The summed E-state index contributed by atoms with van der Waals surface area (Å²) >= 11 is 0. The van der Waals surface area contributed by atoms with Crippen LogP contribution in [0.15, 0.2) is 192 Å². The van der Waals surface area contributed by atoms with Crippen molar-refractivity contribution in [3.05, 3.63) is 188 Å². The topological polar surface area (TPSA) is 51.8 Å². The molecule has 0 bridgehead atoms. The van der Waals surface area contributed by atoms with Crippen LogP contribution in [0.1, 0.15) is 0 Å². The zero-order valence-electron chi connectivity index (χ0n) is 28.6. The molecule has 4 heteroatoms. The minimum absolute atomic E-state index is 0.580. The van der Waals surface area contributed by atoms with E-state index >= 15 is 0 Å². The number of nitrogens with zero attached hydrogens (tertiary/aromatic N) is 3. The van der Waals surface area contributed by atoms with Gasteiger partial charge in [0, 0.05) is 27.5 Å². The maximum absolute atomic E-state index is 6.48. The Labute approximate surface area is 306 Å². The van der Waals surface area contributed by atoms with Gasteiger partial charge in [-0.25, -0.2) is 15.0 Å². The molecule has 0 amide bonds. The molecule has 10 rings (SSSR count). The lowest BCUT2D eigenvalue weighted by molar-refractivity contribution is 0.669. The minimum atomic E-state index is 0.580. The predicted octanol–water partition coefficient (Wildman–Crippen LogP) is 12.9. The summed E-state index contributed by atoms with van der Waals surface area (Å²) in [5.74, 6) is 1.79. The second-order valence-corrected chi connectivity index (χ2v) is 13.3.